The quantitative estimate of drug-likeness (QED) is 0.527. The number of carbonyl (C=O) groups excluding carboxylic acids is 2. The van der Waals surface area contributed by atoms with E-state index in [1.165, 1.54) is 11.1 Å². The van der Waals surface area contributed by atoms with Crippen LogP contribution in [-0.2, 0) is 14.3 Å². The van der Waals surface area contributed by atoms with Gasteiger partial charge in [-0.25, -0.2) is 4.79 Å². The molecule has 0 radical (unpaired) electrons. The molecule has 3 aliphatic rings. The number of rotatable bonds is 8. The highest BCUT2D eigenvalue weighted by molar-refractivity contribution is 5.89. The van der Waals surface area contributed by atoms with Crippen LogP contribution in [0.2, 0.25) is 0 Å². The predicted molar refractivity (Wildman–Crippen MR) is 131 cm³/mol. The molecule has 1 spiro atoms. The largest absolute Gasteiger partial charge is 0.481 e. The van der Waals surface area contributed by atoms with Crippen molar-refractivity contribution in [1.29, 1.82) is 0 Å². The first kappa shape index (κ1) is 23.4. The van der Waals surface area contributed by atoms with Crippen LogP contribution in [0.15, 0.2) is 48.5 Å². The molecule has 0 aromatic heterocycles. The van der Waals surface area contributed by atoms with Crippen LogP contribution in [0, 0.1) is 16.2 Å². The Morgan fingerprint density at radius 2 is 1.60 bits per heavy atom. The number of nitrogens with one attached hydrogen (secondary N) is 2. The number of carboxylic acid groups (broad SMARTS) is 1. The zero-order valence-corrected chi connectivity index (χ0v) is 20.2. The van der Waals surface area contributed by atoms with E-state index in [0.717, 1.165) is 30.4 Å². The van der Waals surface area contributed by atoms with E-state index in [9.17, 15) is 19.5 Å². The summed E-state index contributed by atoms with van der Waals surface area (Å²) in [5.41, 5.74) is 2.80. The summed E-state index contributed by atoms with van der Waals surface area (Å²) in [6, 6.07) is 16.3. The SMILES string of the molecule is CC(C)(CNC(=O)C1(CNC(=O)OCC2c3ccccc3-c3ccccc32)CC12CCC2)C(=O)O. The van der Waals surface area contributed by atoms with E-state index in [4.69, 9.17) is 4.74 Å². The molecule has 2 aromatic carbocycles. The number of aliphatic carboxylic acids is 1. The van der Waals surface area contributed by atoms with Crippen LogP contribution < -0.4 is 10.6 Å². The lowest BCUT2D eigenvalue weighted by Crippen LogP contribution is -2.48. The molecule has 7 heteroatoms. The Labute approximate surface area is 205 Å². The molecular weight excluding hydrogens is 444 g/mol. The number of hydrogen-bond donors (Lipinski definition) is 3. The topological polar surface area (TPSA) is 105 Å². The van der Waals surface area contributed by atoms with Crippen LogP contribution in [0.5, 0.6) is 0 Å². The lowest BCUT2D eigenvalue weighted by atomic mass is 9.74. The summed E-state index contributed by atoms with van der Waals surface area (Å²) in [5, 5.41) is 15.0. The Balaban J connectivity index is 1.21. The lowest BCUT2D eigenvalue weighted by molar-refractivity contribution is -0.147. The minimum absolute atomic E-state index is 0.0254. The number of ether oxygens (including phenoxy) is 1. The van der Waals surface area contributed by atoms with Crippen molar-refractivity contribution in [3.63, 3.8) is 0 Å². The van der Waals surface area contributed by atoms with Crippen LogP contribution in [0.1, 0.15) is 56.6 Å². The van der Waals surface area contributed by atoms with E-state index in [0.29, 0.717) is 6.42 Å². The normalized spacial score (nSPS) is 21.4. The van der Waals surface area contributed by atoms with Crippen LogP contribution in [-0.4, -0.2) is 42.8 Å². The summed E-state index contributed by atoms with van der Waals surface area (Å²) in [6.45, 7) is 3.64. The summed E-state index contributed by atoms with van der Waals surface area (Å²) in [7, 11) is 0. The predicted octanol–water partition coefficient (Wildman–Crippen LogP) is 4.31. The molecule has 2 fully saturated rings. The van der Waals surface area contributed by atoms with Crippen molar-refractivity contribution in [3.05, 3.63) is 59.7 Å². The molecule has 0 bridgehead atoms. The number of amides is 2. The van der Waals surface area contributed by atoms with E-state index in [2.05, 4.69) is 34.9 Å². The Morgan fingerprint density at radius 3 is 2.11 bits per heavy atom. The van der Waals surface area contributed by atoms with Gasteiger partial charge in [0.2, 0.25) is 5.91 Å². The molecule has 3 aliphatic carbocycles. The minimum Gasteiger partial charge on any atom is -0.481 e. The molecule has 0 aliphatic heterocycles. The second-order valence-electron chi connectivity index (χ2n) is 10.9. The Bertz CT molecular complexity index is 1140. The molecule has 0 heterocycles. The van der Waals surface area contributed by atoms with Gasteiger partial charge in [0.05, 0.1) is 10.8 Å². The van der Waals surface area contributed by atoms with Gasteiger partial charge in [0.15, 0.2) is 0 Å². The molecule has 2 amide bonds. The Kier molecular flexibility index (Phi) is 5.61. The first-order valence-electron chi connectivity index (χ1n) is 12.3. The van der Waals surface area contributed by atoms with Gasteiger partial charge >= 0.3 is 12.1 Å². The van der Waals surface area contributed by atoms with Crippen molar-refractivity contribution in [2.45, 2.75) is 45.4 Å². The van der Waals surface area contributed by atoms with E-state index in [1.54, 1.807) is 13.8 Å². The lowest BCUT2D eigenvalue weighted by Gasteiger charge is -2.33. The van der Waals surface area contributed by atoms with Gasteiger partial charge in [0.1, 0.15) is 6.61 Å². The highest BCUT2D eigenvalue weighted by atomic mass is 16.5. The van der Waals surface area contributed by atoms with Crippen LogP contribution >= 0.6 is 0 Å². The third kappa shape index (κ3) is 3.87. The molecule has 184 valence electrons. The molecule has 7 nitrogen and oxygen atoms in total. The minimum atomic E-state index is -1.06. The summed E-state index contributed by atoms with van der Waals surface area (Å²) in [6.07, 6.45) is 3.15. The number of benzene rings is 2. The van der Waals surface area contributed by atoms with Crippen molar-refractivity contribution >= 4 is 18.0 Å². The zero-order valence-electron chi connectivity index (χ0n) is 20.2. The fourth-order valence-corrected chi connectivity index (χ4v) is 5.86. The molecule has 35 heavy (non-hydrogen) atoms. The molecule has 2 aromatic rings. The maximum atomic E-state index is 13.2. The molecule has 0 saturated heterocycles. The number of carboxylic acids is 1. The van der Waals surface area contributed by atoms with E-state index < -0.39 is 22.9 Å². The smallest absolute Gasteiger partial charge is 0.407 e. The highest BCUT2D eigenvalue weighted by Crippen LogP contribution is 2.73. The first-order valence-corrected chi connectivity index (χ1v) is 12.3. The van der Waals surface area contributed by atoms with Crippen LogP contribution in [0.4, 0.5) is 4.79 Å². The fourth-order valence-electron chi connectivity index (χ4n) is 5.86. The van der Waals surface area contributed by atoms with Gasteiger partial charge in [-0.1, -0.05) is 55.0 Å². The fraction of sp³-hybridized carbons (Fsp3) is 0.464. The number of alkyl carbamates (subject to hydrolysis) is 1. The third-order valence-corrected chi connectivity index (χ3v) is 8.42. The van der Waals surface area contributed by atoms with Crippen LogP contribution in [0.3, 0.4) is 0 Å². The standard InChI is InChI=1S/C28H32N2O5/c1-26(2,24(32)33)16-29-23(31)28(15-27(28)12-7-13-27)17-30-25(34)35-14-22-20-10-5-3-8-18(20)19-9-4-6-11-21(19)22/h3-6,8-11,22H,7,12-17H2,1-2H3,(H,29,31)(H,30,34)(H,32,33). The van der Waals surface area contributed by atoms with Crippen molar-refractivity contribution < 1.29 is 24.2 Å². The molecule has 3 N–H and O–H groups in total. The molecule has 1 atom stereocenters. The van der Waals surface area contributed by atoms with Gasteiger partial charge < -0.3 is 20.5 Å². The average Bonchev–Trinajstić information content (AvgIpc) is 3.44. The molecular formula is C28H32N2O5. The summed E-state index contributed by atoms with van der Waals surface area (Å²) >= 11 is 0. The maximum Gasteiger partial charge on any atom is 0.407 e. The van der Waals surface area contributed by atoms with Gasteiger partial charge in [-0.15, -0.1) is 0 Å². The van der Waals surface area contributed by atoms with Gasteiger partial charge in [-0.05, 0) is 60.8 Å². The van der Waals surface area contributed by atoms with Crippen LogP contribution in [0.25, 0.3) is 11.1 Å². The molecule has 1 unspecified atom stereocenters. The second-order valence-corrected chi connectivity index (χ2v) is 10.9. The third-order valence-electron chi connectivity index (χ3n) is 8.42. The molecule has 2 saturated carbocycles. The van der Waals surface area contributed by atoms with Gasteiger partial charge in [-0.2, -0.15) is 0 Å². The van der Waals surface area contributed by atoms with E-state index >= 15 is 0 Å². The second kappa shape index (κ2) is 8.40. The Hall–Kier alpha value is -3.35. The monoisotopic (exact) mass is 476 g/mol. The number of carbonyl (C=O) groups is 3. The van der Waals surface area contributed by atoms with Gasteiger partial charge in [-0.3, -0.25) is 9.59 Å². The average molecular weight is 477 g/mol. The van der Waals surface area contributed by atoms with Gasteiger partial charge in [0.25, 0.3) is 0 Å². The summed E-state index contributed by atoms with van der Waals surface area (Å²) in [5.74, 6) is -1.16. The summed E-state index contributed by atoms with van der Waals surface area (Å²) in [4.78, 5) is 37.3. The Morgan fingerprint density at radius 1 is 1.00 bits per heavy atom. The highest BCUT2D eigenvalue weighted by Gasteiger charge is 2.73. The van der Waals surface area contributed by atoms with E-state index in [-0.39, 0.29) is 36.9 Å². The molecule has 5 rings (SSSR count). The number of hydrogen-bond acceptors (Lipinski definition) is 4. The number of fused-ring (bicyclic) bond motifs is 3. The van der Waals surface area contributed by atoms with Gasteiger partial charge in [0, 0.05) is 19.0 Å². The van der Waals surface area contributed by atoms with Crippen molar-refractivity contribution in [2.75, 3.05) is 19.7 Å². The van der Waals surface area contributed by atoms with Crippen molar-refractivity contribution in [1.82, 2.24) is 10.6 Å². The zero-order chi connectivity index (χ0) is 24.8. The first-order chi connectivity index (χ1) is 16.7. The van der Waals surface area contributed by atoms with Crippen molar-refractivity contribution in [2.24, 2.45) is 16.2 Å². The van der Waals surface area contributed by atoms with Crippen molar-refractivity contribution in [3.8, 4) is 11.1 Å². The summed E-state index contributed by atoms with van der Waals surface area (Å²) < 4.78 is 5.65. The maximum absolute atomic E-state index is 13.2. The van der Waals surface area contributed by atoms with E-state index in [1.807, 2.05) is 24.3 Å².